The molecule has 20 heavy (non-hydrogen) atoms. The Hall–Kier alpha value is -1.00. The summed E-state index contributed by atoms with van der Waals surface area (Å²) in [5, 5.41) is 6.85. The van der Waals surface area contributed by atoms with Gasteiger partial charge >= 0.3 is 0 Å². The van der Waals surface area contributed by atoms with Gasteiger partial charge in [-0.3, -0.25) is 4.79 Å². The van der Waals surface area contributed by atoms with Gasteiger partial charge in [0.25, 0.3) is 5.91 Å². The van der Waals surface area contributed by atoms with Crippen molar-refractivity contribution in [3.05, 3.63) is 29.3 Å². The number of amides is 1. The summed E-state index contributed by atoms with van der Waals surface area (Å²) in [6, 6.07) is 7.66. The number of carbonyl (C=O) groups is 1. The van der Waals surface area contributed by atoms with Crippen molar-refractivity contribution in [2.24, 2.45) is 0 Å². The van der Waals surface area contributed by atoms with Gasteiger partial charge in [0, 0.05) is 28.6 Å². The summed E-state index contributed by atoms with van der Waals surface area (Å²) in [7, 11) is 0. The lowest BCUT2D eigenvalue weighted by Crippen LogP contribution is -2.48. The number of benzene rings is 1. The van der Waals surface area contributed by atoms with Crippen molar-refractivity contribution in [1.29, 1.82) is 0 Å². The topological polar surface area (TPSA) is 41.1 Å². The molecule has 3 rings (SSSR count). The molecular formula is C16H22N2OS. The van der Waals surface area contributed by atoms with Crippen LogP contribution in [0.1, 0.15) is 41.6 Å². The molecule has 0 radical (unpaired) electrons. The van der Waals surface area contributed by atoms with E-state index in [9.17, 15) is 4.79 Å². The monoisotopic (exact) mass is 290 g/mol. The van der Waals surface area contributed by atoms with Gasteiger partial charge in [0.2, 0.25) is 0 Å². The van der Waals surface area contributed by atoms with Crippen LogP contribution in [0.4, 0.5) is 0 Å². The Morgan fingerprint density at radius 1 is 1.30 bits per heavy atom. The number of hydrogen-bond donors (Lipinski definition) is 2. The average Bonchev–Trinajstić information content (AvgIpc) is 2.78. The lowest BCUT2D eigenvalue weighted by atomic mass is 9.99. The van der Waals surface area contributed by atoms with Gasteiger partial charge in [-0.05, 0) is 56.6 Å². The van der Waals surface area contributed by atoms with E-state index in [1.807, 2.05) is 25.3 Å². The molecule has 1 amide bonds. The van der Waals surface area contributed by atoms with Crippen LogP contribution in [0.2, 0.25) is 0 Å². The lowest BCUT2D eigenvalue weighted by molar-refractivity contribution is 0.0923. The maximum absolute atomic E-state index is 12.5. The van der Waals surface area contributed by atoms with E-state index in [4.69, 9.17) is 0 Å². The van der Waals surface area contributed by atoms with Crippen LogP contribution in [0.3, 0.4) is 0 Å². The molecule has 2 heterocycles. The van der Waals surface area contributed by atoms with Gasteiger partial charge < -0.3 is 10.6 Å². The van der Waals surface area contributed by atoms with Gasteiger partial charge in [-0.25, -0.2) is 0 Å². The van der Waals surface area contributed by atoms with E-state index in [1.54, 1.807) is 11.8 Å². The van der Waals surface area contributed by atoms with Crippen molar-refractivity contribution < 1.29 is 4.79 Å². The number of hydrogen-bond acceptors (Lipinski definition) is 3. The number of piperidine rings is 1. The SMILES string of the molecule is CSc1ccc(C)c(C(=O)NC2CC3CCC(C2)N3)c1. The second kappa shape index (κ2) is 5.78. The third-order valence-corrected chi connectivity index (χ3v) is 5.22. The summed E-state index contributed by atoms with van der Waals surface area (Å²) in [4.78, 5) is 13.6. The first-order valence-corrected chi connectivity index (χ1v) is 8.59. The highest BCUT2D eigenvalue weighted by Gasteiger charge is 2.34. The van der Waals surface area contributed by atoms with E-state index in [2.05, 4.69) is 16.7 Å². The van der Waals surface area contributed by atoms with Crippen LogP contribution in [0.25, 0.3) is 0 Å². The number of nitrogens with one attached hydrogen (secondary N) is 2. The van der Waals surface area contributed by atoms with E-state index in [-0.39, 0.29) is 5.91 Å². The molecule has 2 aliphatic rings. The van der Waals surface area contributed by atoms with E-state index in [0.717, 1.165) is 28.9 Å². The first-order valence-electron chi connectivity index (χ1n) is 7.37. The van der Waals surface area contributed by atoms with Gasteiger partial charge in [0.05, 0.1) is 0 Å². The Morgan fingerprint density at radius 3 is 2.65 bits per heavy atom. The molecule has 0 saturated carbocycles. The van der Waals surface area contributed by atoms with Crippen LogP contribution >= 0.6 is 11.8 Å². The van der Waals surface area contributed by atoms with Crippen LogP contribution in [0, 0.1) is 6.92 Å². The maximum Gasteiger partial charge on any atom is 0.251 e. The molecule has 1 aromatic carbocycles. The molecular weight excluding hydrogens is 268 g/mol. The first-order chi connectivity index (χ1) is 9.65. The zero-order valence-corrected chi connectivity index (χ0v) is 12.9. The normalized spacial score (nSPS) is 28.4. The van der Waals surface area contributed by atoms with E-state index < -0.39 is 0 Å². The lowest BCUT2D eigenvalue weighted by Gasteiger charge is -2.29. The standard InChI is InChI=1S/C16H22N2OS/c1-10-3-6-14(20-2)9-15(10)16(19)18-13-7-11-4-5-12(8-13)17-11/h3,6,9,11-13,17H,4-5,7-8H2,1-2H3,(H,18,19). The average molecular weight is 290 g/mol. The van der Waals surface area contributed by atoms with Crippen LogP contribution in [0.15, 0.2) is 23.1 Å². The Bertz CT molecular complexity index is 505. The number of carbonyl (C=O) groups excluding carboxylic acids is 1. The molecule has 1 aromatic rings. The fraction of sp³-hybridized carbons (Fsp3) is 0.562. The molecule has 0 aromatic heterocycles. The van der Waals surface area contributed by atoms with Crippen LogP contribution in [-0.4, -0.2) is 30.3 Å². The van der Waals surface area contributed by atoms with E-state index in [0.29, 0.717) is 18.1 Å². The third kappa shape index (κ3) is 2.86. The molecule has 2 bridgehead atoms. The molecule has 4 heteroatoms. The maximum atomic E-state index is 12.5. The predicted molar refractivity (Wildman–Crippen MR) is 83.4 cm³/mol. The predicted octanol–water partition coefficient (Wildman–Crippen LogP) is 2.73. The summed E-state index contributed by atoms with van der Waals surface area (Å²) in [6.07, 6.45) is 6.71. The van der Waals surface area contributed by atoms with Crippen molar-refractivity contribution in [2.45, 2.75) is 55.6 Å². The Kier molecular flexibility index (Phi) is 4.03. The molecule has 3 nitrogen and oxygen atoms in total. The highest BCUT2D eigenvalue weighted by atomic mass is 32.2. The molecule has 2 atom stereocenters. The van der Waals surface area contributed by atoms with Gasteiger partial charge in [0.15, 0.2) is 0 Å². The molecule has 2 unspecified atom stereocenters. The van der Waals surface area contributed by atoms with Gasteiger partial charge in [-0.1, -0.05) is 6.07 Å². The second-order valence-electron chi connectivity index (χ2n) is 5.96. The van der Waals surface area contributed by atoms with Crippen molar-refractivity contribution >= 4 is 17.7 Å². The quantitative estimate of drug-likeness (QED) is 0.841. The highest BCUT2D eigenvalue weighted by Crippen LogP contribution is 2.27. The van der Waals surface area contributed by atoms with Gasteiger partial charge in [0.1, 0.15) is 0 Å². The summed E-state index contributed by atoms with van der Waals surface area (Å²) < 4.78 is 0. The molecule has 2 fully saturated rings. The summed E-state index contributed by atoms with van der Waals surface area (Å²) in [6.45, 7) is 2.01. The van der Waals surface area contributed by atoms with Crippen molar-refractivity contribution in [3.8, 4) is 0 Å². The minimum Gasteiger partial charge on any atom is -0.349 e. The Morgan fingerprint density at radius 2 is 2.00 bits per heavy atom. The number of fused-ring (bicyclic) bond motifs is 2. The van der Waals surface area contributed by atoms with E-state index in [1.165, 1.54) is 12.8 Å². The zero-order chi connectivity index (χ0) is 14.1. The van der Waals surface area contributed by atoms with E-state index >= 15 is 0 Å². The van der Waals surface area contributed by atoms with Crippen LogP contribution < -0.4 is 10.6 Å². The molecule has 2 aliphatic heterocycles. The molecule has 108 valence electrons. The van der Waals surface area contributed by atoms with Crippen molar-refractivity contribution in [2.75, 3.05) is 6.26 Å². The smallest absolute Gasteiger partial charge is 0.251 e. The molecule has 2 saturated heterocycles. The summed E-state index contributed by atoms with van der Waals surface area (Å²) in [5.74, 6) is 0.0877. The Labute approximate surface area is 124 Å². The molecule has 0 aliphatic carbocycles. The highest BCUT2D eigenvalue weighted by molar-refractivity contribution is 7.98. The fourth-order valence-electron chi connectivity index (χ4n) is 3.41. The minimum atomic E-state index is 0.0877. The van der Waals surface area contributed by atoms with Crippen LogP contribution in [0.5, 0.6) is 0 Å². The minimum absolute atomic E-state index is 0.0877. The second-order valence-corrected chi connectivity index (χ2v) is 6.84. The number of aryl methyl sites for hydroxylation is 1. The molecule has 0 spiro atoms. The van der Waals surface area contributed by atoms with Crippen molar-refractivity contribution in [3.63, 3.8) is 0 Å². The molecule has 2 N–H and O–H groups in total. The van der Waals surface area contributed by atoms with Gasteiger partial charge in [-0.2, -0.15) is 0 Å². The zero-order valence-electron chi connectivity index (χ0n) is 12.1. The number of rotatable bonds is 3. The first kappa shape index (κ1) is 14.0. The van der Waals surface area contributed by atoms with Crippen molar-refractivity contribution in [1.82, 2.24) is 10.6 Å². The Balaban J connectivity index is 1.70. The van der Waals surface area contributed by atoms with Gasteiger partial charge in [-0.15, -0.1) is 11.8 Å². The third-order valence-electron chi connectivity index (χ3n) is 4.50. The summed E-state index contributed by atoms with van der Waals surface area (Å²) >= 11 is 1.68. The largest absolute Gasteiger partial charge is 0.349 e. The number of thioether (sulfide) groups is 1. The fourth-order valence-corrected chi connectivity index (χ4v) is 3.85. The van der Waals surface area contributed by atoms with Crippen LogP contribution in [-0.2, 0) is 0 Å². The summed E-state index contributed by atoms with van der Waals surface area (Å²) in [5.41, 5.74) is 1.87.